The standard InChI is InChI=1S/C16H19N3O3S/c1-10(2)22-12-6-4-11(5-7-12)17-16(21)13-8-15(20)19-14(18-13)9-23-3/h4-8,10H,9H2,1-3H3,(H,17,21)(H,18,19,20). The SMILES string of the molecule is CSCc1nc(C(=O)Nc2ccc(OC(C)C)cc2)cc(=O)[nH]1. The molecule has 0 unspecified atom stereocenters. The first-order valence-electron chi connectivity index (χ1n) is 7.15. The molecule has 0 saturated carbocycles. The lowest BCUT2D eigenvalue weighted by atomic mass is 10.3. The lowest BCUT2D eigenvalue weighted by molar-refractivity contribution is 0.102. The average Bonchev–Trinajstić information content (AvgIpc) is 2.48. The predicted octanol–water partition coefficient (Wildman–Crippen LogP) is 2.67. The number of nitrogens with zero attached hydrogens (tertiary/aromatic N) is 1. The maximum atomic E-state index is 12.2. The van der Waals surface area contributed by atoms with Crippen LogP contribution >= 0.6 is 11.8 Å². The number of carbonyl (C=O) groups is 1. The lowest BCUT2D eigenvalue weighted by Gasteiger charge is -2.10. The molecule has 7 heteroatoms. The number of hydrogen-bond donors (Lipinski definition) is 2. The number of thioether (sulfide) groups is 1. The summed E-state index contributed by atoms with van der Waals surface area (Å²) in [5.41, 5.74) is 0.370. The van der Waals surface area contributed by atoms with Gasteiger partial charge in [0, 0.05) is 11.8 Å². The van der Waals surface area contributed by atoms with Crippen molar-refractivity contribution in [2.75, 3.05) is 11.6 Å². The van der Waals surface area contributed by atoms with Crippen molar-refractivity contribution in [2.45, 2.75) is 25.7 Å². The summed E-state index contributed by atoms with van der Waals surface area (Å²) in [4.78, 5) is 30.6. The maximum Gasteiger partial charge on any atom is 0.274 e. The Morgan fingerprint density at radius 2 is 2.04 bits per heavy atom. The number of aromatic nitrogens is 2. The largest absolute Gasteiger partial charge is 0.491 e. The van der Waals surface area contributed by atoms with E-state index in [4.69, 9.17) is 4.74 Å². The van der Waals surface area contributed by atoms with Crippen molar-refractivity contribution in [1.82, 2.24) is 9.97 Å². The van der Waals surface area contributed by atoms with E-state index in [-0.39, 0.29) is 17.4 Å². The average molecular weight is 333 g/mol. The van der Waals surface area contributed by atoms with Gasteiger partial charge in [-0.15, -0.1) is 0 Å². The molecule has 0 bridgehead atoms. The Balaban J connectivity index is 2.11. The maximum absolute atomic E-state index is 12.2. The molecule has 2 N–H and O–H groups in total. The van der Waals surface area contributed by atoms with E-state index in [0.717, 1.165) is 5.75 Å². The van der Waals surface area contributed by atoms with Crippen molar-refractivity contribution < 1.29 is 9.53 Å². The molecule has 0 atom stereocenters. The summed E-state index contributed by atoms with van der Waals surface area (Å²) in [5.74, 6) is 1.33. The number of amides is 1. The summed E-state index contributed by atoms with van der Waals surface area (Å²) >= 11 is 1.52. The van der Waals surface area contributed by atoms with Gasteiger partial charge in [0.05, 0.1) is 11.9 Å². The van der Waals surface area contributed by atoms with Gasteiger partial charge in [0.15, 0.2) is 0 Å². The Morgan fingerprint density at radius 3 is 2.65 bits per heavy atom. The first-order chi connectivity index (χ1) is 11.0. The van der Waals surface area contributed by atoms with Gasteiger partial charge in [0.25, 0.3) is 11.5 Å². The van der Waals surface area contributed by atoms with Crippen LogP contribution in [0.15, 0.2) is 35.1 Å². The number of anilines is 1. The van der Waals surface area contributed by atoms with Crippen molar-refractivity contribution in [1.29, 1.82) is 0 Å². The van der Waals surface area contributed by atoms with Crippen LogP contribution in [0.2, 0.25) is 0 Å². The lowest BCUT2D eigenvalue weighted by Crippen LogP contribution is -2.20. The second-order valence-corrected chi connectivity index (χ2v) is 6.02. The molecule has 0 aliphatic carbocycles. The molecule has 2 rings (SSSR count). The molecule has 122 valence electrons. The van der Waals surface area contributed by atoms with Gasteiger partial charge in [-0.1, -0.05) is 0 Å². The van der Waals surface area contributed by atoms with Crippen molar-refractivity contribution in [3.8, 4) is 5.75 Å². The molecule has 23 heavy (non-hydrogen) atoms. The van der Waals surface area contributed by atoms with Crippen molar-refractivity contribution >= 4 is 23.4 Å². The van der Waals surface area contributed by atoms with Gasteiger partial charge in [0.2, 0.25) is 0 Å². The normalized spacial score (nSPS) is 10.6. The quantitative estimate of drug-likeness (QED) is 0.849. The second-order valence-electron chi connectivity index (χ2n) is 5.16. The summed E-state index contributed by atoms with van der Waals surface area (Å²) in [6, 6.07) is 8.23. The number of rotatable bonds is 6. The Labute approximate surface area is 138 Å². The van der Waals surface area contributed by atoms with Gasteiger partial charge in [-0.3, -0.25) is 9.59 Å². The first-order valence-corrected chi connectivity index (χ1v) is 8.54. The molecular weight excluding hydrogens is 314 g/mol. The van der Waals surface area contributed by atoms with Crippen LogP contribution in [-0.4, -0.2) is 28.2 Å². The predicted molar refractivity (Wildman–Crippen MR) is 92.2 cm³/mol. The Hall–Kier alpha value is -2.28. The molecule has 1 heterocycles. The van der Waals surface area contributed by atoms with Crippen molar-refractivity contribution in [3.05, 3.63) is 52.2 Å². The van der Waals surface area contributed by atoms with E-state index in [1.54, 1.807) is 24.3 Å². The highest BCUT2D eigenvalue weighted by Gasteiger charge is 2.11. The van der Waals surface area contributed by atoms with Gasteiger partial charge in [0.1, 0.15) is 17.3 Å². The third kappa shape index (κ3) is 5.14. The molecule has 1 aromatic heterocycles. The topological polar surface area (TPSA) is 84.1 Å². The van der Waals surface area contributed by atoms with Gasteiger partial charge in [-0.05, 0) is 44.4 Å². The zero-order valence-corrected chi connectivity index (χ0v) is 14.1. The zero-order valence-electron chi connectivity index (χ0n) is 13.3. The number of nitrogens with one attached hydrogen (secondary N) is 2. The fraction of sp³-hybridized carbons (Fsp3) is 0.312. The van der Waals surface area contributed by atoms with Crippen LogP contribution < -0.4 is 15.6 Å². The minimum Gasteiger partial charge on any atom is -0.491 e. The van der Waals surface area contributed by atoms with Crippen LogP contribution in [-0.2, 0) is 5.75 Å². The Kier molecular flexibility index (Phi) is 5.81. The number of ether oxygens (including phenoxy) is 1. The third-order valence-electron chi connectivity index (χ3n) is 2.79. The number of aromatic amines is 1. The fourth-order valence-electron chi connectivity index (χ4n) is 1.91. The van der Waals surface area contributed by atoms with E-state index < -0.39 is 5.91 Å². The summed E-state index contributed by atoms with van der Waals surface area (Å²) in [6.45, 7) is 3.89. The minimum absolute atomic E-state index is 0.0885. The Bertz CT molecular complexity index is 726. The van der Waals surface area contributed by atoms with Crippen LogP contribution in [0.5, 0.6) is 5.75 Å². The van der Waals surface area contributed by atoms with Crippen molar-refractivity contribution in [3.63, 3.8) is 0 Å². The van der Waals surface area contributed by atoms with Gasteiger partial charge < -0.3 is 15.0 Å². The highest BCUT2D eigenvalue weighted by Crippen LogP contribution is 2.17. The fourth-order valence-corrected chi connectivity index (χ4v) is 2.32. The monoisotopic (exact) mass is 333 g/mol. The smallest absolute Gasteiger partial charge is 0.274 e. The molecule has 1 aromatic carbocycles. The van der Waals surface area contributed by atoms with Gasteiger partial charge in [-0.2, -0.15) is 11.8 Å². The van der Waals surface area contributed by atoms with E-state index in [0.29, 0.717) is 17.3 Å². The van der Waals surface area contributed by atoms with Crippen molar-refractivity contribution in [2.24, 2.45) is 0 Å². The summed E-state index contributed by atoms with van der Waals surface area (Å²) in [5, 5.41) is 2.72. The number of hydrogen-bond acceptors (Lipinski definition) is 5. The van der Waals surface area contributed by atoms with Crippen LogP contribution in [0.3, 0.4) is 0 Å². The molecular formula is C16H19N3O3S. The van der Waals surface area contributed by atoms with E-state index >= 15 is 0 Å². The molecule has 2 aromatic rings. The van der Waals surface area contributed by atoms with Crippen LogP contribution in [0, 0.1) is 0 Å². The van der Waals surface area contributed by atoms with E-state index in [9.17, 15) is 9.59 Å². The van der Waals surface area contributed by atoms with Crippen LogP contribution in [0.1, 0.15) is 30.2 Å². The van der Waals surface area contributed by atoms with E-state index in [1.165, 1.54) is 17.8 Å². The molecule has 0 spiro atoms. The summed E-state index contributed by atoms with van der Waals surface area (Å²) in [7, 11) is 0. The molecule has 0 aliphatic rings. The van der Waals surface area contributed by atoms with Crippen LogP contribution in [0.4, 0.5) is 5.69 Å². The van der Waals surface area contributed by atoms with Crippen LogP contribution in [0.25, 0.3) is 0 Å². The molecule has 1 amide bonds. The minimum atomic E-state index is -0.420. The molecule has 0 radical (unpaired) electrons. The number of benzene rings is 1. The molecule has 0 aliphatic heterocycles. The first kappa shape index (κ1) is 17.1. The zero-order chi connectivity index (χ0) is 16.8. The summed E-state index contributed by atoms with van der Waals surface area (Å²) in [6.07, 6.45) is 1.98. The molecule has 6 nitrogen and oxygen atoms in total. The van der Waals surface area contributed by atoms with Gasteiger partial charge >= 0.3 is 0 Å². The number of H-pyrrole nitrogens is 1. The van der Waals surface area contributed by atoms with Gasteiger partial charge in [-0.25, -0.2) is 4.98 Å². The molecule has 0 saturated heterocycles. The van der Waals surface area contributed by atoms with E-state index in [2.05, 4.69) is 15.3 Å². The summed E-state index contributed by atoms with van der Waals surface area (Å²) < 4.78 is 5.54. The second kappa shape index (κ2) is 7.82. The molecule has 0 fully saturated rings. The number of carbonyl (C=O) groups excluding carboxylic acids is 1. The highest BCUT2D eigenvalue weighted by atomic mass is 32.2. The highest BCUT2D eigenvalue weighted by molar-refractivity contribution is 7.97. The third-order valence-corrected chi connectivity index (χ3v) is 3.35. The Morgan fingerprint density at radius 1 is 1.35 bits per heavy atom. The van der Waals surface area contributed by atoms with E-state index in [1.807, 2.05) is 20.1 Å².